The van der Waals surface area contributed by atoms with E-state index >= 15 is 0 Å². The van der Waals surface area contributed by atoms with E-state index < -0.39 is 0 Å². The van der Waals surface area contributed by atoms with Gasteiger partial charge in [0.15, 0.2) is 17.2 Å². The van der Waals surface area contributed by atoms with E-state index in [1.54, 1.807) is 38.9 Å². The maximum absolute atomic E-state index is 6.24. The number of benzene rings is 1. The van der Waals surface area contributed by atoms with Gasteiger partial charge >= 0.3 is 0 Å². The van der Waals surface area contributed by atoms with Crippen molar-refractivity contribution in [1.29, 1.82) is 0 Å². The molecular weight excluding hydrogens is 438 g/mol. The highest BCUT2D eigenvalue weighted by Gasteiger charge is 2.15. The van der Waals surface area contributed by atoms with Crippen molar-refractivity contribution in [3.8, 4) is 40.0 Å². The first-order valence-electron chi connectivity index (χ1n) is 10.2. The normalized spacial score (nSPS) is 10.6. The summed E-state index contributed by atoms with van der Waals surface area (Å²) in [6.45, 7) is 4.05. The van der Waals surface area contributed by atoms with Gasteiger partial charge in [-0.25, -0.2) is 9.97 Å². The van der Waals surface area contributed by atoms with E-state index in [9.17, 15) is 0 Å². The van der Waals surface area contributed by atoms with Crippen LogP contribution in [0.5, 0.6) is 28.7 Å². The minimum atomic E-state index is 0.527. The molecule has 0 radical (unpaired) electrons. The van der Waals surface area contributed by atoms with E-state index in [0.29, 0.717) is 34.6 Å². The van der Waals surface area contributed by atoms with Crippen molar-refractivity contribution in [2.75, 3.05) is 26.6 Å². The van der Waals surface area contributed by atoms with Crippen molar-refractivity contribution in [3.05, 3.63) is 64.6 Å². The van der Waals surface area contributed by atoms with Crippen LogP contribution in [0.1, 0.15) is 11.3 Å². The number of pyridine rings is 2. The molecule has 0 aliphatic rings. The van der Waals surface area contributed by atoms with Gasteiger partial charge < -0.3 is 24.3 Å². The quantitative estimate of drug-likeness (QED) is 0.325. The molecule has 0 aliphatic carbocycles. The highest BCUT2D eigenvalue weighted by Crippen LogP contribution is 2.41. The molecule has 0 atom stereocenters. The summed E-state index contributed by atoms with van der Waals surface area (Å²) >= 11 is 1.65. The van der Waals surface area contributed by atoms with Crippen LogP contribution in [0.25, 0.3) is 11.3 Å². The Morgan fingerprint density at radius 3 is 2.24 bits per heavy atom. The van der Waals surface area contributed by atoms with E-state index in [0.717, 1.165) is 22.6 Å². The molecule has 0 unspecified atom stereocenters. The molecular formula is C25H25N3O4S. The fourth-order valence-corrected chi connectivity index (χ4v) is 4.23. The Hall–Kier alpha value is -3.78. The molecule has 0 fully saturated rings. The first kappa shape index (κ1) is 22.4. The molecule has 7 nitrogen and oxygen atoms in total. The van der Waals surface area contributed by atoms with Gasteiger partial charge in [0.1, 0.15) is 17.3 Å². The molecule has 4 aromatic rings. The summed E-state index contributed by atoms with van der Waals surface area (Å²) in [6, 6.07) is 11.2. The lowest BCUT2D eigenvalue weighted by Gasteiger charge is -2.15. The first-order chi connectivity index (χ1) is 16.0. The zero-order valence-corrected chi connectivity index (χ0v) is 19.9. The summed E-state index contributed by atoms with van der Waals surface area (Å²) in [4.78, 5) is 9.14. The molecule has 1 N–H and O–H groups in total. The van der Waals surface area contributed by atoms with Crippen LogP contribution in [0.3, 0.4) is 0 Å². The predicted octanol–water partition coefficient (Wildman–Crippen LogP) is 6.38. The molecule has 1 aromatic carbocycles. The van der Waals surface area contributed by atoms with Crippen LogP contribution in [0.2, 0.25) is 0 Å². The monoisotopic (exact) mass is 463 g/mol. The lowest BCUT2D eigenvalue weighted by Crippen LogP contribution is -1.99. The molecule has 0 aliphatic heterocycles. The average molecular weight is 464 g/mol. The van der Waals surface area contributed by atoms with E-state index in [1.165, 1.54) is 5.56 Å². The van der Waals surface area contributed by atoms with Gasteiger partial charge in [-0.05, 0) is 43.0 Å². The SMILES string of the molecule is COc1cc(Nc2cc(Oc3ccc(C)nc3-c3cscc3C)ccn2)cc(OC)c1OC. The number of aromatic nitrogens is 2. The fourth-order valence-electron chi connectivity index (χ4n) is 3.39. The summed E-state index contributed by atoms with van der Waals surface area (Å²) in [5.74, 6) is 3.56. The number of anilines is 2. The number of hydrogen-bond acceptors (Lipinski definition) is 8. The number of aryl methyl sites for hydroxylation is 2. The first-order valence-corrected chi connectivity index (χ1v) is 11.2. The molecule has 3 heterocycles. The van der Waals surface area contributed by atoms with Crippen LogP contribution in [0.4, 0.5) is 11.5 Å². The lowest BCUT2D eigenvalue weighted by atomic mass is 10.1. The highest BCUT2D eigenvalue weighted by atomic mass is 32.1. The van der Waals surface area contributed by atoms with Gasteiger partial charge in [-0.3, -0.25) is 0 Å². The standard InChI is InChI=1S/C25H25N3O4S/c1-15-13-33-14-19(15)24-20(7-6-16(2)27-24)32-18-8-9-26-23(12-18)28-17-10-21(29-3)25(31-5)22(11-17)30-4/h6-14H,1-5H3,(H,26,28). The number of ether oxygens (including phenoxy) is 4. The molecule has 0 bridgehead atoms. The smallest absolute Gasteiger partial charge is 0.203 e. The van der Waals surface area contributed by atoms with Crippen LogP contribution in [-0.2, 0) is 0 Å². The van der Waals surface area contributed by atoms with E-state index in [4.69, 9.17) is 23.9 Å². The third-order valence-electron chi connectivity index (χ3n) is 5.00. The maximum Gasteiger partial charge on any atom is 0.203 e. The Labute approximate surface area is 197 Å². The highest BCUT2D eigenvalue weighted by molar-refractivity contribution is 7.08. The Bertz CT molecular complexity index is 1250. The van der Waals surface area contributed by atoms with Crippen LogP contribution in [0.15, 0.2) is 53.4 Å². The van der Waals surface area contributed by atoms with Crippen molar-refractivity contribution >= 4 is 22.8 Å². The van der Waals surface area contributed by atoms with Crippen molar-refractivity contribution < 1.29 is 18.9 Å². The molecule has 8 heteroatoms. The van der Waals surface area contributed by atoms with Crippen LogP contribution < -0.4 is 24.3 Å². The second-order valence-corrected chi connectivity index (χ2v) is 8.03. The topological polar surface area (TPSA) is 74.7 Å². The van der Waals surface area contributed by atoms with Gasteiger partial charge in [0, 0.05) is 46.7 Å². The number of hydrogen-bond donors (Lipinski definition) is 1. The summed E-state index contributed by atoms with van der Waals surface area (Å²) < 4.78 is 22.5. The Morgan fingerprint density at radius 2 is 1.61 bits per heavy atom. The Balaban J connectivity index is 1.62. The summed E-state index contributed by atoms with van der Waals surface area (Å²) in [6.07, 6.45) is 1.69. The third kappa shape index (κ3) is 4.85. The van der Waals surface area contributed by atoms with E-state index in [-0.39, 0.29) is 0 Å². The minimum Gasteiger partial charge on any atom is -0.493 e. The minimum absolute atomic E-state index is 0.527. The van der Waals surface area contributed by atoms with Crippen molar-refractivity contribution in [1.82, 2.24) is 9.97 Å². The largest absolute Gasteiger partial charge is 0.493 e. The summed E-state index contributed by atoms with van der Waals surface area (Å²) in [5, 5.41) is 7.47. The summed E-state index contributed by atoms with van der Waals surface area (Å²) in [7, 11) is 4.73. The number of rotatable bonds is 8. The second-order valence-electron chi connectivity index (χ2n) is 7.29. The number of nitrogens with one attached hydrogen (secondary N) is 1. The van der Waals surface area contributed by atoms with Crippen molar-refractivity contribution in [2.24, 2.45) is 0 Å². The van der Waals surface area contributed by atoms with Crippen LogP contribution >= 0.6 is 11.3 Å². The zero-order chi connectivity index (χ0) is 23.4. The molecule has 0 saturated heterocycles. The second kappa shape index (κ2) is 9.79. The van der Waals surface area contributed by atoms with Gasteiger partial charge in [-0.1, -0.05) is 0 Å². The predicted molar refractivity (Wildman–Crippen MR) is 131 cm³/mol. The molecule has 0 saturated carbocycles. The van der Waals surface area contributed by atoms with Crippen molar-refractivity contribution in [3.63, 3.8) is 0 Å². The number of thiophene rings is 1. The number of nitrogens with zero attached hydrogens (tertiary/aromatic N) is 2. The fraction of sp³-hybridized carbons (Fsp3) is 0.200. The molecule has 3 aromatic heterocycles. The van der Waals surface area contributed by atoms with E-state index in [2.05, 4.69) is 28.0 Å². The zero-order valence-electron chi connectivity index (χ0n) is 19.1. The van der Waals surface area contributed by atoms with Crippen LogP contribution in [-0.4, -0.2) is 31.3 Å². The number of methoxy groups -OCH3 is 3. The van der Waals surface area contributed by atoms with E-state index in [1.807, 2.05) is 43.3 Å². The lowest BCUT2D eigenvalue weighted by molar-refractivity contribution is 0.324. The van der Waals surface area contributed by atoms with Gasteiger partial charge in [-0.15, -0.1) is 0 Å². The van der Waals surface area contributed by atoms with Gasteiger partial charge in [0.05, 0.1) is 21.3 Å². The molecule has 0 spiro atoms. The Morgan fingerprint density at radius 1 is 0.848 bits per heavy atom. The van der Waals surface area contributed by atoms with Gasteiger partial charge in [0.25, 0.3) is 0 Å². The van der Waals surface area contributed by atoms with Gasteiger partial charge in [-0.2, -0.15) is 11.3 Å². The van der Waals surface area contributed by atoms with Gasteiger partial charge in [0.2, 0.25) is 5.75 Å². The Kier molecular flexibility index (Phi) is 6.65. The average Bonchev–Trinajstić information content (AvgIpc) is 3.25. The molecule has 0 amide bonds. The molecule has 170 valence electrons. The summed E-state index contributed by atoms with van der Waals surface area (Å²) in [5.41, 5.74) is 4.74. The van der Waals surface area contributed by atoms with Crippen molar-refractivity contribution in [2.45, 2.75) is 13.8 Å². The third-order valence-corrected chi connectivity index (χ3v) is 5.87. The maximum atomic E-state index is 6.24. The molecule has 33 heavy (non-hydrogen) atoms. The van der Waals surface area contributed by atoms with Crippen LogP contribution in [0, 0.1) is 13.8 Å². The molecule has 4 rings (SSSR count).